The van der Waals surface area contributed by atoms with Crippen LogP contribution in [-0.4, -0.2) is 37.3 Å². The predicted octanol–water partition coefficient (Wildman–Crippen LogP) is 1.93. The van der Waals surface area contributed by atoms with Crippen molar-refractivity contribution in [1.82, 2.24) is 14.6 Å². The Morgan fingerprint density at radius 1 is 1.45 bits per heavy atom. The van der Waals surface area contributed by atoms with Gasteiger partial charge >= 0.3 is 0 Å². The van der Waals surface area contributed by atoms with Crippen LogP contribution in [0.5, 0.6) is 0 Å². The summed E-state index contributed by atoms with van der Waals surface area (Å²) in [6.45, 7) is 5.41. The second-order valence-corrected chi connectivity index (χ2v) is 8.02. The monoisotopic (exact) mass is 299 g/mol. The third kappa shape index (κ3) is 3.62. The first kappa shape index (κ1) is 15.5. The zero-order chi connectivity index (χ0) is 14.8. The molecule has 0 saturated heterocycles. The SMILES string of the molecule is CC(C)NCc1cc(S(=O)(=O)N(C)CC2CCC2)c[nH]1. The average molecular weight is 299 g/mol. The van der Waals surface area contributed by atoms with Crippen LogP contribution in [0.2, 0.25) is 0 Å². The molecule has 1 saturated carbocycles. The maximum absolute atomic E-state index is 12.4. The third-order valence-electron chi connectivity index (χ3n) is 3.87. The lowest BCUT2D eigenvalue weighted by molar-refractivity contribution is 0.263. The van der Waals surface area contributed by atoms with E-state index in [0.29, 0.717) is 29.9 Å². The molecule has 1 heterocycles. The Labute approximate surface area is 121 Å². The molecule has 1 aliphatic carbocycles. The number of hydrogen-bond donors (Lipinski definition) is 2. The Hall–Kier alpha value is -0.850. The second-order valence-electron chi connectivity index (χ2n) is 5.98. The van der Waals surface area contributed by atoms with Gasteiger partial charge in [0.15, 0.2) is 0 Å². The molecule has 0 amide bonds. The van der Waals surface area contributed by atoms with Crippen molar-refractivity contribution in [3.8, 4) is 0 Å². The van der Waals surface area contributed by atoms with Crippen molar-refractivity contribution >= 4 is 10.0 Å². The van der Waals surface area contributed by atoms with Gasteiger partial charge in [0.05, 0.1) is 4.90 Å². The van der Waals surface area contributed by atoms with Crippen molar-refractivity contribution in [3.63, 3.8) is 0 Å². The lowest BCUT2D eigenvalue weighted by Crippen LogP contribution is -2.34. The number of rotatable bonds is 7. The van der Waals surface area contributed by atoms with Crippen molar-refractivity contribution < 1.29 is 8.42 Å². The van der Waals surface area contributed by atoms with Gasteiger partial charge in [0.2, 0.25) is 10.0 Å². The fourth-order valence-electron chi connectivity index (χ4n) is 2.30. The largest absolute Gasteiger partial charge is 0.363 e. The van der Waals surface area contributed by atoms with E-state index in [1.54, 1.807) is 19.3 Å². The minimum atomic E-state index is -3.35. The molecule has 0 atom stereocenters. The maximum atomic E-state index is 12.4. The topological polar surface area (TPSA) is 65.2 Å². The summed E-state index contributed by atoms with van der Waals surface area (Å²) in [7, 11) is -1.68. The fraction of sp³-hybridized carbons (Fsp3) is 0.714. The van der Waals surface area contributed by atoms with Crippen molar-refractivity contribution in [1.29, 1.82) is 0 Å². The van der Waals surface area contributed by atoms with Crippen molar-refractivity contribution in [2.45, 2.75) is 50.6 Å². The Balaban J connectivity index is 2.01. The standard InChI is InChI=1S/C14H25N3O2S/c1-11(2)15-8-13-7-14(9-16-13)20(18,19)17(3)10-12-5-4-6-12/h7,9,11-12,15-16H,4-6,8,10H2,1-3H3. The quantitative estimate of drug-likeness (QED) is 0.808. The summed E-state index contributed by atoms with van der Waals surface area (Å²) in [5.41, 5.74) is 0.898. The van der Waals surface area contributed by atoms with Gasteiger partial charge in [-0.1, -0.05) is 20.3 Å². The third-order valence-corrected chi connectivity index (χ3v) is 5.67. The molecule has 6 heteroatoms. The fourth-order valence-corrected chi connectivity index (χ4v) is 3.57. The van der Waals surface area contributed by atoms with Gasteiger partial charge in [-0.3, -0.25) is 0 Å². The van der Waals surface area contributed by atoms with Crippen LogP contribution in [-0.2, 0) is 16.6 Å². The van der Waals surface area contributed by atoms with E-state index in [1.165, 1.54) is 10.7 Å². The van der Waals surface area contributed by atoms with E-state index < -0.39 is 10.0 Å². The first-order valence-corrected chi connectivity index (χ1v) is 8.70. The van der Waals surface area contributed by atoms with E-state index in [4.69, 9.17) is 0 Å². The summed E-state index contributed by atoms with van der Waals surface area (Å²) >= 11 is 0. The molecule has 1 aromatic heterocycles. The molecule has 20 heavy (non-hydrogen) atoms. The Bertz CT molecular complexity index is 532. The number of nitrogens with zero attached hydrogens (tertiary/aromatic N) is 1. The van der Waals surface area contributed by atoms with Gasteiger partial charge in [-0.05, 0) is 24.8 Å². The van der Waals surface area contributed by atoms with Crippen molar-refractivity contribution in [2.75, 3.05) is 13.6 Å². The highest BCUT2D eigenvalue weighted by Crippen LogP contribution is 2.28. The van der Waals surface area contributed by atoms with Crippen LogP contribution in [0, 0.1) is 5.92 Å². The molecular formula is C14H25N3O2S. The molecular weight excluding hydrogens is 274 g/mol. The van der Waals surface area contributed by atoms with Crippen LogP contribution >= 0.6 is 0 Å². The number of aromatic amines is 1. The molecule has 0 aromatic carbocycles. The maximum Gasteiger partial charge on any atom is 0.244 e. The minimum Gasteiger partial charge on any atom is -0.363 e. The smallest absolute Gasteiger partial charge is 0.244 e. The number of hydrogen-bond acceptors (Lipinski definition) is 3. The molecule has 114 valence electrons. The van der Waals surface area contributed by atoms with E-state index in [1.807, 2.05) is 0 Å². The van der Waals surface area contributed by atoms with E-state index in [2.05, 4.69) is 24.1 Å². The van der Waals surface area contributed by atoms with E-state index in [9.17, 15) is 8.42 Å². The van der Waals surface area contributed by atoms with Crippen LogP contribution in [0.4, 0.5) is 0 Å². The summed E-state index contributed by atoms with van der Waals surface area (Å²) < 4.78 is 26.4. The normalized spacial score (nSPS) is 16.9. The minimum absolute atomic E-state index is 0.361. The molecule has 0 spiro atoms. The average Bonchev–Trinajstić information content (AvgIpc) is 2.80. The molecule has 0 unspecified atom stereocenters. The highest BCUT2D eigenvalue weighted by atomic mass is 32.2. The summed E-state index contributed by atoms with van der Waals surface area (Å²) in [5.74, 6) is 0.538. The number of H-pyrrole nitrogens is 1. The first-order chi connectivity index (χ1) is 9.39. The summed E-state index contributed by atoms with van der Waals surface area (Å²) in [4.78, 5) is 3.40. The molecule has 2 rings (SSSR count). The van der Waals surface area contributed by atoms with Gasteiger partial charge in [0.1, 0.15) is 0 Å². The zero-order valence-electron chi connectivity index (χ0n) is 12.5. The van der Waals surface area contributed by atoms with Crippen LogP contribution in [0.3, 0.4) is 0 Å². The molecule has 1 aromatic rings. The molecule has 2 N–H and O–H groups in total. The number of sulfonamides is 1. The highest BCUT2D eigenvalue weighted by molar-refractivity contribution is 7.89. The first-order valence-electron chi connectivity index (χ1n) is 7.26. The van der Waals surface area contributed by atoms with Crippen LogP contribution in [0.15, 0.2) is 17.2 Å². The number of nitrogens with one attached hydrogen (secondary N) is 2. The molecule has 1 fully saturated rings. The molecule has 0 bridgehead atoms. The van der Waals surface area contributed by atoms with Gasteiger partial charge in [-0.25, -0.2) is 12.7 Å². The van der Waals surface area contributed by atoms with E-state index in [-0.39, 0.29) is 0 Å². The number of aromatic nitrogens is 1. The van der Waals surface area contributed by atoms with Gasteiger partial charge in [-0.2, -0.15) is 0 Å². The van der Waals surface area contributed by atoms with Crippen LogP contribution in [0.1, 0.15) is 38.8 Å². The van der Waals surface area contributed by atoms with E-state index >= 15 is 0 Å². The zero-order valence-corrected chi connectivity index (χ0v) is 13.3. The van der Waals surface area contributed by atoms with Crippen LogP contribution in [0.25, 0.3) is 0 Å². The van der Waals surface area contributed by atoms with E-state index in [0.717, 1.165) is 18.5 Å². The van der Waals surface area contributed by atoms with Gasteiger partial charge in [0, 0.05) is 38.1 Å². The molecule has 1 aliphatic rings. The Morgan fingerprint density at radius 3 is 2.70 bits per heavy atom. The lowest BCUT2D eigenvalue weighted by atomic mass is 9.86. The highest BCUT2D eigenvalue weighted by Gasteiger charge is 2.27. The summed E-state index contributed by atoms with van der Waals surface area (Å²) in [6, 6.07) is 2.10. The molecule has 0 aliphatic heterocycles. The summed E-state index contributed by atoms with van der Waals surface area (Å²) in [5, 5.41) is 3.27. The second kappa shape index (κ2) is 6.28. The predicted molar refractivity (Wildman–Crippen MR) is 79.9 cm³/mol. The van der Waals surface area contributed by atoms with Gasteiger partial charge in [0.25, 0.3) is 0 Å². The van der Waals surface area contributed by atoms with Crippen LogP contribution < -0.4 is 5.32 Å². The Morgan fingerprint density at radius 2 is 2.15 bits per heavy atom. The van der Waals surface area contributed by atoms with Crippen molar-refractivity contribution in [2.24, 2.45) is 5.92 Å². The summed E-state index contributed by atoms with van der Waals surface area (Å²) in [6.07, 6.45) is 5.12. The molecule has 5 nitrogen and oxygen atoms in total. The lowest BCUT2D eigenvalue weighted by Gasteiger charge is -2.29. The van der Waals surface area contributed by atoms with Gasteiger partial charge < -0.3 is 10.3 Å². The van der Waals surface area contributed by atoms with Gasteiger partial charge in [-0.15, -0.1) is 0 Å². The Kier molecular flexibility index (Phi) is 4.88. The molecule has 0 radical (unpaired) electrons. The van der Waals surface area contributed by atoms with Crippen molar-refractivity contribution in [3.05, 3.63) is 18.0 Å².